The van der Waals surface area contributed by atoms with Crippen LogP contribution in [0.25, 0.3) is 11.3 Å². The molecule has 0 saturated carbocycles. The zero-order chi connectivity index (χ0) is 19.2. The molecule has 8 heteroatoms. The minimum absolute atomic E-state index is 0.280. The van der Waals surface area contributed by atoms with Gasteiger partial charge in [-0.3, -0.25) is 25.5 Å². The third kappa shape index (κ3) is 4.06. The van der Waals surface area contributed by atoms with Crippen LogP contribution in [0.15, 0.2) is 54.7 Å². The second-order valence-corrected chi connectivity index (χ2v) is 5.53. The molecule has 0 aliphatic heterocycles. The van der Waals surface area contributed by atoms with Gasteiger partial charge in [0.1, 0.15) is 11.5 Å². The second-order valence-electron chi connectivity index (χ2n) is 5.53. The number of carbonyl (C=O) groups excluding carboxylic acids is 2. The molecule has 0 unspecified atom stereocenters. The molecule has 1 aromatic heterocycles. The van der Waals surface area contributed by atoms with E-state index in [0.29, 0.717) is 22.8 Å². The van der Waals surface area contributed by atoms with Crippen LogP contribution in [0.1, 0.15) is 20.7 Å². The van der Waals surface area contributed by atoms with Crippen LogP contribution in [-0.4, -0.2) is 36.2 Å². The zero-order valence-corrected chi connectivity index (χ0v) is 14.8. The number of hydrogen-bond donors (Lipinski definition) is 3. The Kier molecular flexibility index (Phi) is 5.36. The van der Waals surface area contributed by atoms with Gasteiger partial charge in [-0.2, -0.15) is 5.10 Å². The first kappa shape index (κ1) is 18.0. The molecular formula is C19H18N4O4. The number of hydrogen-bond acceptors (Lipinski definition) is 5. The first-order chi connectivity index (χ1) is 13.1. The van der Waals surface area contributed by atoms with Crippen molar-refractivity contribution in [2.75, 3.05) is 14.2 Å². The highest BCUT2D eigenvalue weighted by Crippen LogP contribution is 2.22. The van der Waals surface area contributed by atoms with E-state index < -0.39 is 11.8 Å². The number of nitrogens with one attached hydrogen (secondary N) is 3. The van der Waals surface area contributed by atoms with Gasteiger partial charge >= 0.3 is 0 Å². The third-order valence-corrected chi connectivity index (χ3v) is 3.85. The Balaban J connectivity index is 1.72. The summed E-state index contributed by atoms with van der Waals surface area (Å²) in [6.45, 7) is 0. The molecular weight excluding hydrogens is 348 g/mol. The highest BCUT2D eigenvalue weighted by Gasteiger charge is 2.16. The van der Waals surface area contributed by atoms with Crippen LogP contribution >= 0.6 is 0 Å². The maximum absolute atomic E-state index is 12.4. The van der Waals surface area contributed by atoms with Crippen molar-refractivity contribution >= 4 is 11.8 Å². The van der Waals surface area contributed by atoms with Gasteiger partial charge in [-0.1, -0.05) is 30.3 Å². The van der Waals surface area contributed by atoms with Gasteiger partial charge in [0.05, 0.1) is 31.7 Å². The van der Waals surface area contributed by atoms with Crippen molar-refractivity contribution in [1.29, 1.82) is 0 Å². The van der Waals surface area contributed by atoms with Crippen LogP contribution in [0, 0.1) is 0 Å². The molecule has 8 nitrogen and oxygen atoms in total. The average molecular weight is 366 g/mol. The number of hydrazine groups is 1. The number of rotatable bonds is 5. The Hall–Kier alpha value is -3.81. The lowest BCUT2D eigenvalue weighted by molar-refractivity contribution is 0.0846. The van der Waals surface area contributed by atoms with Crippen molar-refractivity contribution in [1.82, 2.24) is 21.0 Å². The number of aromatic amines is 1. The summed E-state index contributed by atoms with van der Waals surface area (Å²) in [5.41, 5.74) is 6.72. The van der Waals surface area contributed by atoms with Crippen molar-refractivity contribution in [2.45, 2.75) is 0 Å². The molecule has 3 N–H and O–H groups in total. The molecule has 0 atom stereocenters. The number of methoxy groups -OCH3 is 2. The predicted molar refractivity (Wildman–Crippen MR) is 98.5 cm³/mol. The highest BCUT2D eigenvalue weighted by atomic mass is 16.5. The highest BCUT2D eigenvalue weighted by molar-refractivity contribution is 6.02. The summed E-state index contributed by atoms with van der Waals surface area (Å²) in [7, 11) is 2.98. The molecule has 2 amide bonds. The Labute approximate surface area is 155 Å². The summed E-state index contributed by atoms with van der Waals surface area (Å²) in [4.78, 5) is 24.8. The molecule has 3 rings (SSSR count). The summed E-state index contributed by atoms with van der Waals surface area (Å²) in [5.74, 6) is -0.0739. The van der Waals surface area contributed by atoms with Crippen molar-refractivity contribution in [3.8, 4) is 22.8 Å². The van der Waals surface area contributed by atoms with Gasteiger partial charge in [0.15, 0.2) is 0 Å². The fourth-order valence-corrected chi connectivity index (χ4v) is 2.47. The average Bonchev–Trinajstić information content (AvgIpc) is 3.22. The number of nitrogens with zero attached hydrogens (tertiary/aromatic N) is 1. The summed E-state index contributed by atoms with van der Waals surface area (Å²) >= 11 is 0. The van der Waals surface area contributed by atoms with Gasteiger partial charge in [0, 0.05) is 17.2 Å². The normalized spacial score (nSPS) is 10.1. The van der Waals surface area contributed by atoms with Crippen molar-refractivity contribution < 1.29 is 19.1 Å². The van der Waals surface area contributed by atoms with E-state index in [-0.39, 0.29) is 5.56 Å². The van der Waals surface area contributed by atoms with Crippen molar-refractivity contribution in [3.05, 3.63) is 65.9 Å². The topological polar surface area (TPSA) is 105 Å². The van der Waals surface area contributed by atoms with Crippen LogP contribution in [0.4, 0.5) is 0 Å². The number of amides is 2. The lowest BCUT2D eigenvalue weighted by Crippen LogP contribution is -2.41. The molecule has 0 fully saturated rings. The van der Waals surface area contributed by atoms with E-state index in [1.807, 2.05) is 30.3 Å². The van der Waals surface area contributed by atoms with Crippen LogP contribution in [0.5, 0.6) is 11.5 Å². The fraction of sp³-hybridized carbons (Fsp3) is 0.105. The van der Waals surface area contributed by atoms with Crippen molar-refractivity contribution in [2.24, 2.45) is 0 Å². The first-order valence-electron chi connectivity index (χ1n) is 8.05. The van der Waals surface area contributed by atoms with E-state index in [1.54, 1.807) is 6.07 Å². The number of benzene rings is 2. The lowest BCUT2D eigenvalue weighted by Gasteiger charge is -2.10. The Morgan fingerprint density at radius 1 is 0.926 bits per heavy atom. The van der Waals surface area contributed by atoms with Crippen LogP contribution < -0.4 is 20.3 Å². The SMILES string of the molecule is COc1cc(OC)cc(C(=O)NNC(=O)c2cn[nH]c2-c2ccccc2)c1. The zero-order valence-electron chi connectivity index (χ0n) is 14.8. The third-order valence-electron chi connectivity index (χ3n) is 3.85. The Morgan fingerprint density at radius 3 is 2.19 bits per heavy atom. The van der Waals surface area contributed by atoms with Crippen LogP contribution in [0.3, 0.4) is 0 Å². The number of carbonyl (C=O) groups is 2. The molecule has 0 spiro atoms. The first-order valence-corrected chi connectivity index (χ1v) is 8.05. The maximum Gasteiger partial charge on any atom is 0.273 e. The van der Waals surface area contributed by atoms with Gasteiger partial charge in [-0.05, 0) is 12.1 Å². The van der Waals surface area contributed by atoms with E-state index in [4.69, 9.17) is 9.47 Å². The number of ether oxygens (including phenoxy) is 2. The quantitative estimate of drug-likeness (QED) is 0.600. The van der Waals surface area contributed by atoms with Crippen molar-refractivity contribution in [3.63, 3.8) is 0 Å². The molecule has 27 heavy (non-hydrogen) atoms. The van der Waals surface area contributed by atoms with Gasteiger partial charge in [-0.15, -0.1) is 0 Å². The number of aromatic nitrogens is 2. The van der Waals surface area contributed by atoms with E-state index in [2.05, 4.69) is 21.0 Å². The molecule has 0 saturated heterocycles. The van der Waals surface area contributed by atoms with E-state index in [0.717, 1.165) is 5.56 Å². The minimum Gasteiger partial charge on any atom is -0.497 e. The fourth-order valence-electron chi connectivity index (χ4n) is 2.47. The van der Waals surface area contributed by atoms with Gasteiger partial charge in [0.2, 0.25) is 0 Å². The molecule has 1 heterocycles. The summed E-state index contributed by atoms with van der Waals surface area (Å²) in [6.07, 6.45) is 1.40. The van der Waals surface area contributed by atoms with E-state index in [9.17, 15) is 9.59 Å². The second kappa shape index (κ2) is 8.05. The summed E-state index contributed by atoms with van der Waals surface area (Å²) in [5, 5.41) is 6.71. The number of H-pyrrole nitrogens is 1. The summed E-state index contributed by atoms with van der Waals surface area (Å²) < 4.78 is 10.3. The molecule has 2 aromatic carbocycles. The molecule has 138 valence electrons. The standard InChI is InChI=1S/C19H18N4O4/c1-26-14-8-13(9-15(10-14)27-2)18(24)22-23-19(25)16-11-20-21-17(16)12-6-4-3-5-7-12/h3-11H,1-2H3,(H,20,21)(H,22,24)(H,23,25). The predicted octanol–water partition coefficient (Wildman–Crippen LogP) is 2.17. The van der Waals surface area contributed by atoms with Crippen LogP contribution in [-0.2, 0) is 0 Å². The maximum atomic E-state index is 12.4. The smallest absolute Gasteiger partial charge is 0.273 e. The molecule has 0 aliphatic carbocycles. The Bertz CT molecular complexity index is 931. The van der Waals surface area contributed by atoms with Gasteiger partial charge in [-0.25, -0.2) is 0 Å². The molecule has 0 radical (unpaired) electrons. The van der Waals surface area contributed by atoms with E-state index >= 15 is 0 Å². The monoisotopic (exact) mass is 366 g/mol. The molecule has 3 aromatic rings. The molecule has 0 bridgehead atoms. The molecule has 0 aliphatic rings. The van der Waals surface area contributed by atoms with Gasteiger partial charge in [0.25, 0.3) is 11.8 Å². The lowest BCUT2D eigenvalue weighted by atomic mass is 10.1. The van der Waals surface area contributed by atoms with E-state index in [1.165, 1.54) is 32.5 Å². The minimum atomic E-state index is -0.509. The van der Waals surface area contributed by atoms with Crippen LogP contribution in [0.2, 0.25) is 0 Å². The Morgan fingerprint density at radius 2 is 1.56 bits per heavy atom. The van der Waals surface area contributed by atoms with Gasteiger partial charge < -0.3 is 9.47 Å². The summed E-state index contributed by atoms with van der Waals surface area (Å²) in [6, 6.07) is 14.0. The largest absolute Gasteiger partial charge is 0.497 e.